The van der Waals surface area contributed by atoms with Crippen molar-refractivity contribution >= 4 is 75.5 Å². The Hall–Kier alpha value is -0.660. The minimum atomic E-state index is -0.642. The summed E-state index contributed by atoms with van der Waals surface area (Å²) in [7, 11) is 0. The van der Waals surface area contributed by atoms with E-state index in [-0.39, 0.29) is 20.7 Å². The third-order valence-electron chi connectivity index (χ3n) is 3.74. The number of allylic oxidation sites excluding steroid dienone is 4. The zero-order valence-electron chi connectivity index (χ0n) is 11.8. The van der Waals surface area contributed by atoms with Gasteiger partial charge < -0.3 is 5.01 Å². The summed E-state index contributed by atoms with van der Waals surface area (Å²) in [5, 5.41) is 1.26. The number of thiazole rings is 1. The number of aromatic nitrogens is 1. The largest absolute Gasteiger partial charge is 0.311 e. The molecule has 1 aromatic rings. The molecule has 9 heteroatoms. The zero-order valence-corrected chi connectivity index (χ0v) is 15.7. The molecule has 0 radical (unpaired) electrons. The average Bonchev–Trinajstić information content (AvgIpc) is 2.93. The van der Waals surface area contributed by atoms with Crippen molar-refractivity contribution in [1.29, 1.82) is 0 Å². The molecule has 4 nitrogen and oxygen atoms in total. The summed E-state index contributed by atoms with van der Waals surface area (Å²) in [6.45, 7) is 1.80. The number of hydrogen-bond donors (Lipinski definition) is 0. The van der Waals surface area contributed by atoms with E-state index in [1.54, 1.807) is 6.20 Å². The van der Waals surface area contributed by atoms with E-state index in [9.17, 15) is 9.59 Å². The second-order valence-corrected chi connectivity index (χ2v) is 8.01. The molecule has 1 aliphatic carbocycles. The maximum absolute atomic E-state index is 12.4. The van der Waals surface area contributed by atoms with Crippen LogP contribution < -0.4 is 5.01 Å². The van der Waals surface area contributed by atoms with Crippen molar-refractivity contribution in [3.05, 3.63) is 30.1 Å². The predicted molar refractivity (Wildman–Crippen MR) is 96.5 cm³/mol. The van der Waals surface area contributed by atoms with E-state index in [2.05, 4.69) is 5.01 Å². The number of piperidine rings is 1. The lowest BCUT2D eigenvalue weighted by Crippen LogP contribution is -2.38. The fourth-order valence-electron chi connectivity index (χ4n) is 2.58. The normalized spacial score (nSPS) is 19.9. The van der Waals surface area contributed by atoms with Gasteiger partial charge in [0.25, 0.3) is 0 Å². The number of ketones is 2. The number of Topliss-reactive ketones (excluding diaryl/α,β-unsaturated/α-hetero) is 2. The van der Waals surface area contributed by atoms with Crippen LogP contribution in [-0.2, 0) is 9.59 Å². The van der Waals surface area contributed by atoms with Crippen molar-refractivity contribution < 1.29 is 9.59 Å². The Morgan fingerprint density at radius 2 is 1.57 bits per heavy atom. The number of halogens is 3. The smallest absolute Gasteiger partial charge is 0.218 e. The van der Waals surface area contributed by atoms with E-state index in [1.807, 2.05) is 4.68 Å². The van der Waals surface area contributed by atoms with Gasteiger partial charge in [-0.15, -0.1) is 11.3 Å². The molecule has 2 aliphatic rings. The monoisotopic (exact) mass is 408 g/mol. The Labute approximate surface area is 156 Å². The van der Waals surface area contributed by atoms with Gasteiger partial charge in [0.1, 0.15) is 15.1 Å². The Bertz CT molecular complexity index is 816. The quantitative estimate of drug-likeness (QED) is 0.542. The Kier molecular flexibility index (Phi) is 4.99. The van der Waals surface area contributed by atoms with Gasteiger partial charge in [0.05, 0.1) is 10.5 Å². The highest BCUT2D eigenvalue weighted by atomic mass is 35.5. The summed E-state index contributed by atoms with van der Waals surface area (Å²) in [5.41, 5.74) is 0.0675. The van der Waals surface area contributed by atoms with Crippen molar-refractivity contribution in [2.24, 2.45) is 0 Å². The molecule has 23 heavy (non-hydrogen) atoms. The number of hydrogen-bond acceptors (Lipinski definition) is 5. The lowest BCUT2D eigenvalue weighted by Gasteiger charge is -2.29. The lowest BCUT2D eigenvalue weighted by atomic mass is 10.0. The second kappa shape index (κ2) is 6.69. The molecular weight excluding hydrogens is 399 g/mol. The molecule has 0 aromatic carbocycles. The van der Waals surface area contributed by atoms with Crippen molar-refractivity contribution in [2.75, 3.05) is 18.1 Å². The van der Waals surface area contributed by atoms with Crippen LogP contribution in [0.3, 0.4) is 0 Å². The summed E-state index contributed by atoms with van der Waals surface area (Å²) >= 11 is 24.3. The molecule has 3 rings (SSSR count). The van der Waals surface area contributed by atoms with E-state index in [4.69, 9.17) is 47.0 Å². The van der Waals surface area contributed by atoms with Crippen LogP contribution in [0.1, 0.15) is 24.1 Å². The van der Waals surface area contributed by atoms with E-state index >= 15 is 0 Å². The Morgan fingerprint density at radius 3 is 2.22 bits per heavy atom. The summed E-state index contributed by atoms with van der Waals surface area (Å²) in [5.74, 6) is -1.19. The molecule has 0 saturated carbocycles. The minimum Gasteiger partial charge on any atom is -0.311 e. The number of carbonyl (C=O) groups excluding carboxylic acids is 2. The maximum Gasteiger partial charge on any atom is 0.218 e. The molecule has 0 bridgehead atoms. The van der Waals surface area contributed by atoms with Gasteiger partial charge in [-0.05, 0) is 31.5 Å². The van der Waals surface area contributed by atoms with E-state index < -0.39 is 11.6 Å². The van der Waals surface area contributed by atoms with Crippen LogP contribution in [0.25, 0.3) is 5.57 Å². The van der Waals surface area contributed by atoms with Crippen LogP contribution in [0, 0.1) is 3.95 Å². The average molecular weight is 410 g/mol. The van der Waals surface area contributed by atoms with Crippen LogP contribution in [0.15, 0.2) is 21.3 Å². The molecule has 1 aromatic heterocycles. The highest BCUT2D eigenvalue weighted by molar-refractivity contribution is 7.73. The molecule has 1 fully saturated rings. The van der Waals surface area contributed by atoms with Crippen LogP contribution in [0.2, 0.25) is 0 Å². The van der Waals surface area contributed by atoms with Crippen molar-refractivity contribution in [3.63, 3.8) is 0 Å². The third kappa shape index (κ3) is 3.03. The molecule has 122 valence electrons. The van der Waals surface area contributed by atoms with Gasteiger partial charge in [-0.3, -0.25) is 9.59 Å². The Balaban J connectivity index is 2.04. The van der Waals surface area contributed by atoms with Crippen molar-refractivity contribution in [1.82, 2.24) is 4.68 Å². The van der Waals surface area contributed by atoms with Gasteiger partial charge in [0.15, 0.2) is 3.95 Å². The van der Waals surface area contributed by atoms with Gasteiger partial charge in [-0.25, -0.2) is 4.68 Å². The van der Waals surface area contributed by atoms with Crippen molar-refractivity contribution in [3.8, 4) is 0 Å². The van der Waals surface area contributed by atoms with Crippen LogP contribution in [0.5, 0.6) is 0 Å². The van der Waals surface area contributed by atoms with Gasteiger partial charge >= 0.3 is 0 Å². The van der Waals surface area contributed by atoms with E-state index in [0.29, 0.717) is 8.83 Å². The van der Waals surface area contributed by atoms with E-state index in [0.717, 1.165) is 25.9 Å². The van der Waals surface area contributed by atoms with Gasteiger partial charge in [-0.2, -0.15) is 0 Å². The maximum atomic E-state index is 12.4. The number of nitrogens with zero attached hydrogens (tertiary/aromatic N) is 2. The van der Waals surface area contributed by atoms with Crippen molar-refractivity contribution in [2.45, 2.75) is 19.3 Å². The standard InChI is InChI=1S/C14H11Cl3N2O2S2/c15-9-8(12(20)10(16)11(17)13(9)21)7-6-19(14(22)23-7)18-4-2-1-3-5-18/h6H,1-5H2. The first-order valence-electron chi connectivity index (χ1n) is 6.94. The minimum absolute atomic E-state index is 0.0675. The van der Waals surface area contributed by atoms with Crippen LogP contribution in [-0.4, -0.2) is 29.3 Å². The van der Waals surface area contributed by atoms with Crippen LogP contribution in [0.4, 0.5) is 0 Å². The Morgan fingerprint density at radius 1 is 0.957 bits per heavy atom. The summed E-state index contributed by atoms with van der Waals surface area (Å²) in [4.78, 5) is 24.9. The van der Waals surface area contributed by atoms with Gasteiger partial charge in [0.2, 0.25) is 11.6 Å². The number of carbonyl (C=O) groups is 2. The fourth-order valence-corrected chi connectivity index (χ4v) is 4.66. The lowest BCUT2D eigenvalue weighted by molar-refractivity contribution is -0.114. The van der Waals surface area contributed by atoms with Gasteiger partial charge in [0, 0.05) is 19.3 Å². The molecule has 1 saturated heterocycles. The van der Waals surface area contributed by atoms with E-state index in [1.165, 1.54) is 17.8 Å². The molecule has 1 aliphatic heterocycles. The van der Waals surface area contributed by atoms with Crippen LogP contribution >= 0.6 is 58.4 Å². The van der Waals surface area contributed by atoms with Gasteiger partial charge in [-0.1, -0.05) is 34.8 Å². The number of rotatable bonds is 2. The fraction of sp³-hybridized carbons (Fsp3) is 0.357. The summed E-state index contributed by atoms with van der Waals surface area (Å²) in [6.07, 6.45) is 5.13. The first-order chi connectivity index (χ1) is 10.9. The molecule has 0 spiro atoms. The SMILES string of the molecule is O=C1C(Cl)=C(Cl)C(=O)C(c2cn(N3CCCCC3)c(=S)s2)=C1Cl. The molecule has 0 atom stereocenters. The zero-order chi connectivity index (χ0) is 16.7. The molecular formula is C14H11Cl3N2O2S2. The molecule has 0 amide bonds. The highest BCUT2D eigenvalue weighted by Crippen LogP contribution is 2.38. The molecule has 2 heterocycles. The first kappa shape index (κ1) is 17.2. The summed E-state index contributed by atoms with van der Waals surface area (Å²) in [6, 6.07) is 0. The molecule has 0 unspecified atom stereocenters. The molecule has 0 N–H and O–H groups in total. The topological polar surface area (TPSA) is 42.3 Å². The second-order valence-electron chi connectivity index (χ2n) is 5.20. The third-order valence-corrected chi connectivity index (χ3v) is 6.25. The first-order valence-corrected chi connectivity index (χ1v) is 9.30. The summed E-state index contributed by atoms with van der Waals surface area (Å²) < 4.78 is 2.44. The predicted octanol–water partition coefficient (Wildman–Crippen LogP) is 4.19. The highest BCUT2D eigenvalue weighted by Gasteiger charge is 2.34.